The summed E-state index contributed by atoms with van der Waals surface area (Å²) in [6.07, 6.45) is 5.50. The zero-order valence-corrected chi connectivity index (χ0v) is 10.9. The molecule has 0 radical (unpaired) electrons. The molecule has 2 rings (SSSR count). The van der Waals surface area contributed by atoms with Crippen LogP contribution in [0.15, 0.2) is 18.3 Å². The first kappa shape index (κ1) is 13.3. The number of nitrogens with one attached hydrogen (secondary N) is 1. The third-order valence-electron chi connectivity index (χ3n) is 3.79. The van der Waals surface area contributed by atoms with Crippen LogP contribution in [0.3, 0.4) is 0 Å². The number of hydrogen-bond donors (Lipinski definition) is 2. The highest BCUT2D eigenvalue weighted by Gasteiger charge is 2.25. The van der Waals surface area contributed by atoms with Gasteiger partial charge in [-0.05, 0) is 36.8 Å². The highest BCUT2D eigenvalue weighted by Crippen LogP contribution is 2.30. The Hall–Kier alpha value is -1.13. The van der Waals surface area contributed by atoms with Gasteiger partial charge in [0.1, 0.15) is 0 Å². The Morgan fingerprint density at radius 2 is 2.22 bits per heavy atom. The van der Waals surface area contributed by atoms with Gasteiger partial charge >= 0.3 is 0 Å². The highest BCUT2D eigenvalue weighted by atomic mass is 16.5. The van der Waals surface area contributed by atoms with Gasteiger partial charge in [0.2, 0.25) is 5.88 Å². The fourth-order valence-electron chi connectivity index (χ4n) is 2.66. The van der Waals surface area contributed by atoms with Crippen molar-refractivity contribution in [3.05, 3.63) is 23.9 Å². The Labute approximate surface area is 108 Å². The van der Waals surface area contributed by atoms with E-state index in [9.17, 15) is 5.11 Å². The van der Waals surface area contributed by atoms with Crippen molar-refractivity contribution in [2.24, 2.45) is 11.8 Å². The van der Waals surface area contributed by atoms with Crippen molar-refractivity contribution in [2.75, 3.05) is 20.3 Å². The maximum Gasteiger partial charge on any atom is 0.212 e. The average Bonchev–Trinajstić information content (AvgIpc) is 2.87. The summed E-state index contributed by atoms with van der Waals surface area (Å²) in [5.74, 6) is 1.77. The van der Waals surface area contributed by atoms with Gasteiger partial charge in [0.15, 0.2) is 0 Å². The molecule has 1 aliphatic rings. The molecule has 18 heavy (non-hydrogen) atoms. The summed E-state index contributed by atoms with van der Waals surface area (Å²) in [6, 6.07) is 3.90. The molecule has 1 fully saturated rings. The fraction of sp³-hybridized carbons (Fsp3) is 0.643. The lowest BCUT2D eigenvalue weighted by molar-refractivity contribution is 0.192. The van der Waals surface area contributed by atoms with Crippen molar-refractivity contribution in [1.29, 1.82) is 0 Å². The number of ether oxygens (including phenoxy) is 1. The molecular weight excluding hydrogens is 228 g/mol. The largest absolute Gasteiger partial charge is 0.481 e. The molecule has 1 aromatic rings. The molecular formula is C14H22N2O2. The van der Waals surface area contributed by atoms with Crippen LogP contribution >= 0.6 is 0 Å². The molecule has 0 spiro atoms. The van der Waals surface area contributed by atoms with Crippen LogP contribution in [0.2, 0.25) is 0 Å². The minimum Gasteiger partial charge on any atom is -0.481 e. The predicted molar refractivity (Wildman–Crippen MR) is 70.4 cm³/mol. The van der Waals surface area contributed by atoms with Crippen molar-refractivity contribution < 1.29 is 9.84 Å². The lowest BCUT2D eigenvalue weighted by atomic mass is 9.97. The molecule has 0 saturated heterocycles. The van der Waals surface area contributed by atoms with Crippen LogP contribution in [0.25, 0.3) is 0 Å². The van der Waals surface area contributed by atoms with E-state index in [1.54, 1.807) is 7.11 Å². The fourth-order valence-corrected chi connectivity index (χ4v) is 2.66. The predicted octanol–water partition coefficient (Wildman–Crippen LogP) is 1.59. The standard InChI is InChI=1S/C14H22N2O2/c1-18-14-6-5-11(8-16-14)7-15-9-12-3-2-4-13(12)10-17/h5-6,8,12-13,15,17H,2-4,7,9-10H2,1H3. The lowest BCUT2D eigenvalue weighted by Crippen LogP contribution is -2.26. The normalized spacial score (nSPS) is 23.2. The Bertz CT molecular complexity index is 353. The van der Waals surface area contributed by atoms with Crippen LogP contribution in [0.1, 0.15) is 24.8 Å². The second-order valence-electron chi connectivity index (χ2n) is 4.97. The van der Waals surface area contributed by atoms with E-state index < -0.39 is 0 Å². The summed E-state index contributed by atoms with van der Waals surface area (Å²) in [6.45, 7) is 2.14. The van der Waals surface area contributed by atoms with Gasteiger partial charge in [0, 0.05) is 25.4 Å². The van der Waals surface area contributed by atoms with Crippen molar-refractivity contribution in [3.63, 3.8) is 0 Å². The molecule has 0 bridgehead atoms. The van der Waals surface area contributed by atoms with Crippen molar-refractivity contribution in [3.8, 4) is 5.88 Å². The van der Waals surface area contributed by atoms with E-state index in [1.807, 2.05) is 18.3 Å². The molecule has 2 N–H and O–H groups in total. The number of aliphatic hydroxyl groups is 1. The maximum atomic E-state index is 9.26. The van der Waals surface area contributed by atoms with Crippen LogP contribution in [0.4, 0.5) is 0 Å². The number of pyridine rings is 1. The Morgan fingerprint density at radius 3 is 2.89 bits per heavy atom. The summed E-state index contributed by atoms with van der Waals surface area (Å²) >= 11 is 0. The van der Waals surface area contributed by atoms with Crippen molar-refractivity contribution in [2.45, 2.75) is 25.8 Å². The SMILES string of the molecule is COc1ccc(CNCC2CCCC2CO)cn1. The number of aliphatic hydroxyl groups excluding tert-OH is 1. The minimum atomic E-state index is 0.330. The topological polar surface area (TPSA) is 54.4 Å². The molecule has 4 nitrogen and oxygen atoms in total. The summed E-state index contributed by atoms with van der Waals surface area (Å²) < 4.78 is 5.02. The van der Waals surface area contributed by atoms with E-state index >= 15 is 0 Å². The number of hydrogen-bond acceptors (Lipinski definition) is 4. The van der Waals surface area contributed by atoms with Crippen LogP contribution < -0.4 is 10.1 Å². The zero-order chi connectivity index (χ0) is 12.8. The zero-order valence-electron chi connectivity index (χ0n) is 10.9. The number of methoxy groups -OCH3 is 1. The van der Waals surface area contributed by atoms with Crippen LogP contribution in [0.5, 0.6) is 5.88 Å². The second-order valence-corrected chi connectivity index (χ2v) is 4.97. The molecule has 1 saturated carbocycles. The van der Waals surface area contributed by atoms with Gasteiger partial charge in [-0.3, -0.25) is 0 Å². The minimum absolute atomic E-state index is 0.330. The van der Waals surface area contributed by atoms with Gasteiger partial charge in [-0.15, -0.1) is 0 Å². The van der Waals surface area contributed by atoms with E-state index in [0.717, 1.165) is 18.7 Å². The summed E-state index contributed by atoms with van der Waals surface area (Å²) in [7, 11) is 1.62. The molecule has 0 aliphatic heterocycles. The van der Waals surface area contributed by atoms with Crippen LogP contribution in [-0.2, 0) is 6.54 Å². The first-order valence-electron chi connectivity index (χ1n) is 6.64. The van der Waals surface area contributed by atoms with E-state index in [1.165, 1.54) is 19.3 Å². The van der Waals surface area contributed by atoms with Crippen molar-refractivity contribution >= 4 is 0 Å². The molecule has 0 aromatic carbocycles. The van der Waals surface area contributed by atoms with Crippen molar-refractivity contribution in [1.82, 2.24) is 10.3 Å². The Balaban J connectivity index is 1.74. The van der Waals surface area contributed by atoms with Gasteiger partial charge in [-0.25, -0.2) is 4.98 Å². The van der Waals surface area contributed by atoms with Crippen LogP contribution in [-0.4, -0.2) is 30.4 Å². The quantitative estimate of drug-likeness (QED) is 0.805. The summed E-state index contributed by atoms with van der Waals surface area (Å²) in [5.41, 5.74) is 1.16. The van der Waals surface area contributed by atoms with Gasteiger partial charge in [0.25, 0.3) is 0 Å². The number of nitrogens with zero attached hydrogens (tertiary/aromatic N) is 1. The summed E-state index contributed by atoms with van der Waals surface area (Å²) in [5, 5.41) is 12.7. The highest BCUT2D eigenvalue weighted by molar-refractivity contribution is 5.17. The van der Waals surface area contributed by atoms with Gasteiger partial charge in [0.05, 0.1) is 7.11 Å². The van der Waals surface area contributed by atoms with E-state index in [2.05, 4.69) is 10.3 Å². The average molecular weight is 250 g/mol. The van der Waals surface area contributed by atoms with E-state index in [0.29, 0.717) is 24.3 Å². The summed E-state index contributed by atoms with van der Waals surface area (Å²) in [4.78, 5) is 4.18. The molecule has 2 unspecified atom stereocenters. The molecule has 2 atom stereocenters. The molecule has 100 valence electrons. The third kappa shape index (κ3) is 3.43. The molecule has 0 amide bonds. The first-order valence-corrected chi connectivity index (χ1v) is 6.64. The Morgan fingerprint density at radius 1 is 1.39 bits per heavy atom. The molecule has 1 heterocycles. The lowest BCUT2D eigenvalue weighted by Gasteiger charge is -2.17. The smallest absolute Gasteiger partial charge is 0.212 e. The molecule has 4 heteroatoms. The van der Waals surface area contributed by atoms with Gasteiger partial charge in [-0.1, -0.05) is 12.5 Å². The second kappa shape index (κ2) is 6.71. The monoisotopic (exact) mass is 250 g/mol. The molecule has 1 aromatic heterocycles. The van der Waals surface area contributed by atoms with Gasteiger partial charge < -0.3 is 15.2 Å². The molecule has 1 aliphatic carbocycles. The maximum absolute atomic E-state index is 9.26. The first-order chi connectivity index (χ1) is 8.83. The van der Waals surface area contributed by atoms with Gasteiger partial charge in [-0.2, -0.15) is 0 Å². The third-order valence-corrected chi connectivity index (χ3v) is 3.79. The number of rotatable bonds is 6. The number of aromatic nitrogens is 1. The van der Waals surface area contributed by atoms with E-state index in [4.69, 9.17) is 4.74 Å². The Kier molecular flexibility index (Phi) is 4.96. The van der Waals surface area contributed by atoms with E-state index in [-0.39, 0.29) is 0 Å². The van der Waals surface area contributed by atoms with Crippen LogP contribution in [0, 0.1) is 11.8 Å².